The van der Waals surface area contributed by atoms with Crippen molar-refractivity contribution in [1.82, 2.24) is 4.57 Å². The summed E-state index contributed by atoms with van der Waals surface area (Å²) in [5.74, 6) is -0.908. The first-order valence-corrected chi connectivity index (χ1v) is 6.42. The Morgan fingerprint density at radius 1 is 1.26 bits per heavy atom. The highest BCUT2D eigenvalue weighted by Gasteiger charge is 2.11. The lowest BCUT2D eigenvalue weighted by molar-refractivity contribution is 0.0697. The summed E-state index contributed by atoms with van der Waals surface area (Å²) in [4.78, 5) is 11.1. The van der Waals surface area contributed by atoms with Crippen molar-refractivity contribution in [3.8, 4) is 0 Å². The normalized spacial score (nSPS) is 11.1. The molecule has 0 fully saturated rings. The van der Waals surface area contributed by atoms with Gasteiger partial charge in [0.25, 0.3) is 0 Å². The third kappa shape index (κ3) is 2.77. The van der Waals surface area contributed by atoms with Crippen LogP contribution in [0, 0.1) is 0 Å². The Kier molecular flexibility index (Phi) is 4.19. The van der Waals surface area contributed by atoms with Crippen LogP contribution in [0.4, 0.5) is 0 Å². The topological polar surface area (TPSA) is 94.3 Å². The number of carboxylic acids is 1. The van der Waals surface area contributed by atoms with Crippen LogP contribution in [0.1, 0.15) is 22.3 Å². The molecule has 0 aliphatic rings. The molecule has 2 rings (SSSR count). The largest absolute Gasteiger partial charge is 0.478 e. The average molecular weight is 261 g/mol. The Balaban J connectivity index is 2.51. The summed E-state index contributed by atoms with van der Waals surface area (Å²) in [5.41, 5.74) is 13.6. The lowest BCUT2D eigenvalue weighted by Gasteiger charge is -2.04. The van der Waals surface area contributed by atoms with Crippen molar-refractivity contribution in [2.45, 2.75) is 19.4 Å². The van der Waals surface area contributed by atoms with Gasteiger partial charge in [-0.15, -0.1) is 0 Å². The molecule has 1 aromatic carbocycles. The Hall–Kier alpha value is -1.85. The molecule has 5 nitrogen and oxygen atoms in total. The van der Waals surface area contributed by atoms with Gasteiger partial charge in [-0.25, -0.2) is 4.79 Å². The lowest BCUT2D eigenvalue weighted by atomic mass is 10.1. The van der Waals surface area contributed by atoms with Crippen LogP contribution in [0.25, 0.3) is 10.9 Å². The molecule has 0 amide bonds. The number of aromatic nitrogens is 1. The molecule has 0 saturated carbocycles. The first-order chi connectivity index (χ1) is 9.17. The lowest BCUT2D eigenvalue weighted by Crippen LogP contribution is -2.05. The van der Waals surface area contributed by atoms with Crippen molar-refractivity contribution in [1.29, 1.82) is 0 Å². The van der Waals surface area contributed by atoms with E-state index in [4.69, 9.17) is 16.6 Å². The number of rotatable bonds is 6. The summed E-state index contributed by atoms with van der Waals surface area (Å²) in [6.07, 6.45) is 3.71. The van der Waals surface area contributed by atoms with Crippen molar-refractivity contribution < 1.29 is 9.90 Å². The van der Waals surface area contributed by atoms with Crippen molar-refractivity contribution >= 4 is 16.9 Å². The van der Waals surface area contributed by atoms with Crippen LogP contribution < -0.4 is 11.5 Å². The molecule has 5 heteroatoms. The SMILES string of the molecule is NCCCn1cc(CCN)c2ccc(C(=O)O)cc21. The highest BCUT2D eigenvalue weighted by atomic mass is 16.4. The number of nitrogens with two attached hydrogens (primary N) is 2. The maximum absolute atomic E-state index is 11.1. The van der Waals surface area contributed by atoms with E-state index >= 15 is 0 Å². The van der Waals surface area contributed by atoms with Gasteiger partial charge < -0.3 is 21.1 Å². The number of nitrogens with zero attached hydrogens (tertiary/aromatic N) is 1. The number of aromatic carboxylic acids is 1. The first kappa shape index (κ1) is 13.6. The van der Waals surface area contributed by atoms with Gasteiger partial charge in [0.2, 0.25) is 0 Å². The second-order valence-corrected chi connectivity index (χ2v) is 4.57. The minimum absolute atomic E-state index is 0.305. The third-order valence-electron chi connectivity index (χ3n) is 3.23. The molecule has 0 radical (unpaired) electrons. The minimum atomic E-state index is -0.908. The molecule has 5 N–H and O–H groups in total. The number of aryl methyl sites for hydroxylation is 1. The summed E-state index contributed by atoms with van der Waals surface area (Å²) in [5, 5.41) is 10.1. The van der Waals surface area contributed by atoms with Crippen LogP contribution in [0.2, 0.25) is 0 Å². The number of carboxylic acid groups (broad SMARTS) is 1. The van der Waals surface area contributed by atoms with Crippen LogP contribution in [0.5, 0.6) is 0 Å². The average Bonchev–Trinajstić information content (AvgIpc) is 2.74. The number of hydrogen-bond donors (Lipinski definition) is 3. The predicted octanol–water partition coefficient (Wildman–Crippen LogP) is 1.19. The maximum Gasteiger partial charge on any atom is 0.335 e. The molecule has 0 saturated heterocycles. The summed E-state index contributed by atoms with van der Waals surface area (Å²) >= 11 is 0. The number of carbonyl (C=O) groups is 1. The van der Waals surface area contributed by atoms with Crippen molar-refractivity contribution in [2.75, 3.05) is 13.1 Å². The summed E-state index contributed by atoms with van der Waals surface area (Å²) in [7, 11) is 0. The molecule has 0 spiro atoms. The van der Waals surface area contributed by atoms with Gasteiger partial charge in [-0.3, -0.25) is 0 Å². The summed E-state index contributed by atoms with van der Waals surface area (Å²) in [6.45, 7) is 1.99. The molecule has 0 bridgehead atoms. The highest BCUT2D eigenvalue weighted by molar-refractivity contribution is 5.94. The molecule has 102 valence electrons. The van der Waals surface area contributed by atoms with E-state index in [1.807, 2.05) is 6.07 Å². The molecule has 0 aliphatic heterocycles. The monoisotopic (exact) mass is 261 g/mol. The molecule has 0 atom stereocenters. The number of benzene rings is 1. The Morgan fingerprint density at radius 2 is 2.05 bits per heavy atom. The predicted molar refractivity (Wildman–Crippen MR) is 75.3 cm³/mol. The molecular formula is C14H19N3O2. The second kappa shape index (κ2) is 5.86. The van der Waals surface area contributed by atoms with Gasteiger partial charge in [-0.05, 0) is 43.6 Å². The van der Waals surface area contributed by atoms with Crippen LogP contribution >= 0.6 is 0 Å². The van der Waals surface area contributed by atoms with E-state index in [2.05, 4.69) is 10.8 Å². The molecule has 0 aliphatic carbocycles. The van der Waals surface area contributed by atoms with Gasteiger partial charge in [0.15, 0.2) is 0 Å². The third-order valence-corrected chi connectivity index (χ3v) is 3.23. The maximum atomic E-state index is 11.1. The zero-order chi connectivity index (χ0) is 13.8. The van der Waals surface area contributed by atoms with Gasteiger partial charge in [0, 0.05) is 23.6 Å². The van der Waals surface area contributed by atoms with E-state index in [1.54, 1.807) is 12.1 Å². The molecular weight excluding hydrogens is 242 g/mol. The highest BCUT2D eigenvalue weighted by Crippen LogP contribution is 2.23. The second-order valence-electron chi connectivity index (χ2n) is 4.57. The van der Waals surface area contributed by atoms with Gasteiger partial charge in [-0.2, -0.15) is 0 Å². The van der Waals surface area contributed by atoms with Gasteiger partial charge >= 0.3 is 5.97 Å². The van der Waals surface area contributed by atoms with E-state index < -0.39 is 5.97 Å². The van der Waals surface area contributed by atoms with Crippen LogP contribution in [-0.4, -0.2) is 28.7 Å². The van der Waals surface area contributed by atoms with E-state index in [1.165, 1.54) is 0 Å². The van der Waals surface area contributed by atoms with E-state index in [9.17, 15) is 4.79 Å². The van der Waals surface area contributed by atoms with Crippen LogP contribution in [0.3, 0.4) is 0 Å². The molecule has 2 aromatic rings. The van der Waals surface area contributed by atoms with Gasteiger partial charge in [-0.1, -0.05) is 6.07 Å². The summed E-state index contributed by atoms with van der Waals surface area (Å²) in [6, 6.07) is 5.22. The van der Waals surface area contributed by atoms with E-state index in [-0.39, 0.29) is 0 Å². The molecule has 1 aromatic heterocycles. The first-order valence-electron chi connectivity index (χ1n) is 6.42. The Labute approximate surface area is 111 Å². The van der Waals surface area contributed by atoms with Gasteiger partial charge in [0.1, 0.15) is 0 Å². The fraction of sp³-hybridized carbons (Fsp3) is 0.357. The van der Waals surface area contributed by atoms with Crippen molar-refractivity contribution in [3.05, 3.63) is 35.5 Å². The smallest absolute Gasteiger partial charge is 0.335 e. The fourth-order valence-electron chi connectivity index (χ4n) is 2.30. The Bertz CT molecular complexity index is 590. The standard InChI is InChI=1S/C14H19N3O2/c15-5-1-7-17-9-11(4-6-16)12-3-2-10(14(18)19)8-13(12)17/h2-3,8-9H,1,4-7,15-16H2,(H,18,19). The number of fused-ring (bicyclic) bond motifs is 1. The van der Waals surface area contributed by atoms with Gasteiger partial charge in [0.05, 0.1) is 5.56 Å². The van der Waals surface area contributed by atoms with Crippen molar-refractivity contribution in [3.63, 3.8) is 0 Å². The minimum Gasteiger partial charge on any atom is -0.478 e. The van der Waals surface area contributed by atoms with Crippen LogP contribution in [0.15, 0.2) is 24.4 Å². The van der Waals surface area contributed by atoms with Crippen LogP contribution in [-0.2, 0) is 13.0 Å². The van der Waals surface area contributed by atoms with E-state index in [0.717, 1.165) is 35.9 Å². The quantitative estimate of drug-likeness (QED) is 0.728. The van der Waals surface area contributed by atoms with Crippen molar-refractivity contribution in [2.24, 2.45) is 11.5 Å². The molecule has 19 heavy (non-hydrogen) atoms. The summed E-state index contributed by atoms with van der Waals surface area (Å²) < 4.78 is 2.07. The molecule has 1 heterocycles. The zero-order valence-corrected chi connectivity index (χ0v) is 10.8. The fourth-order valence-corrected chi connectivity index (χ4v) is 2.30. The van der Waals surface area contributed by atoms with E-state index in [0.29, 0.717) is 18.7 Å². The number of hydrogen-bond acceptors (Lipinski definition) is 3. The Morgan fingerprint density at radius 3 is 2.68 bits per heavy atom. The molecule has 0 unspecified atom stereocenters. The zero-order valence-electron chi connectivity index (χ0n) is 10.8.